The summed E-state index contributed by atoms with van der Waals surface area (Å²) in [6, 6.07) is 0. The predicted octanol–water partition coefficient (Wildman–Crippen LogP) is 15.7. The van der Waals surface area contributed by atoms with Gasteiger partial charge in [-0.25, -0.2) is 9.13 Å². The Hall–Kier alpha value is -1.94. The monoisotopic (exact) mass is 1160 g/mol. The third-order valence-electron chi connectivity index (χ3n) is 13.5. The summed E-state index contributed by atoms with van der Waals surface area (Å²) in [5.41, 5.74) is 0. The Morgan fingerprint density at radius 2 is 0.590 bits per heavy atom. The van der Waals surface area contributed by atoms with Crippen LogP contribution in [0.25, 0.3) is 0 Å². The van der Waals surface area contributed by atoms with Crippen LogP contribution in [0.2, 0.25) is 0 Å². The molecular formula is C59H114O17P2. The standard InChI is InChI=1S/C59H114O17P2/c1-7-9-11-13-15-17-18-19-20-22-31-37-43-58(63)75-54(48-70-57(62)42-36-30-25-23-27-33-39-51(3)4)49-73-77(65,66)71-45-53(60)46-72-78(67,68)74-50-55(47-69-56(61)41-35-29-21-16-14-12-10-8-2)76-59(64)44-38-32-26-24-28-34-40-52(5)6/h51-55,60H,7-50H2,1-6H3,(H,65,66)(H,67,68)/t53-,54-,55-/m1/s1. The van der Waals surface area contributed by atoms with Crippen molar-refractivity contribution < 1.29 is 80.2 Å². The lowest BCUT2D eigenvalue weighted by atomic mass is 10.0. The van der Waals surface area contributed by atoms with E-state index >= 15 is 0 Å². The van der Waals surface area contributed by atoms with E-state index in [0.29, 0.717) is 37.5 Å². The number of hydrogen-bond acceptors (Lipinski definition) is 15. The van der Waals surface area contributed by atoms with Gasteiger partial charge in [0, 0.05) is 25.7 Å². The highest BCUT2D eigenvalue weighted by atomic mass is 31.2. The second-order valence-corrected chi connectivity index (χ2v) is 25.2. The molecule has 0 aliphatic rings. The van der Waals surface area contributed by atoms with Crippen LogP contribution in [0, 0.1) is 11.8 Å². The molecule has 0 rings (SSSR count). The second-order valence-electron chi connectivity index (χ2n) is 22.3. The van der Waals surface area contributed by atoms with Gasteiger partial charge in [0.1, 0.15) is 19.3 Å². The van der Waals surface area contributed by atoms with Crippen LogP contribution in [0.5, 0.6) is 0 Å². The fraction of sp³-hybridized carbons (Fsp3) is 0.932. The first-order valence-corrected chi connectivity index (χ1v) is 34.0. The minimum atomic E-state index is -4.94. The summed E-state index contributed by atoms with van der Waals surface area (Å²) in [5.74, 6) is -0.799. The molecule has 0 heterocycles. The average Bonchev–Trinajstić information content (AvgIpc) is 3.39. The van der Waals surface area contributed by atoms with E-state index in [0.717, 1.165) is 103 Å². The summed E-state index contributed by atoms with van der Waals surface area (Å²) in [5, 5.41) is 10.5. The molecule has 3 N–H and O–H groups in total. The molecule has 17 nitrogen and oxygen atoms in total. The number of aliphatic hydroxyl groups excluding tert-OH is 1. The van der Waals surface area contributed by atoms with Crippen LogP contribution in [0.3, 0.4) is 0 Å². The molecule has 0 saturated heterocycles. The number of ether oxygens (including phenoxy) is 4. The van der Waals surface area contributed by atoms with Gasteiger partial charge in [0.05, 0.1) is 26.4 Å². The summed E-state index contributed by atoms with van der Waals surface area (Å²) >= 11 is 0. The first-order valence-electron chi connectivity index (χ1n) is 31.0. The largest absolute Gasteiger partial charge is 0.472 e. The van der Waals surface area contributed by atoms with E-state index < -0.39 is 97.5 Å². The van der Waals surface area contributed by atoms with E-state index in [4.69, 9.17) is 37.0 Å². The van der Waals surface area contributed by atoms with Crippen molar-refractivity contribution in [2.24, 2.45) is 11.8 Å². The van der Waals surface area contributed by atoms with Gasteiger partial charge >= 0.3 is 39.5 Å². The van der Waals surface area contributed by atoms with Gasteiger partial charge in [0.25, 0.3) is 0 Å². The minimum absolute atomic E-state index is 0.102. The molecule has 2 unspecified atom stereocenters. The van der Waals surface area contributed by atoms with Crippen molar-refractivity contribution in [3.8, 4) is 0 Å². The van der Waals surface area contributed by atoms with E-state index in [1.807, 2.05) is 0 Å². The maximum absolute atomic E-state index is 12.9. The van der Waals surface area contributed by atoms with Crippen LogP contribution in [0.15, 0.2) is 0 Å². The lowest BCUT2D eigenvalue weighted by Gasteiger charge is -2.21. The Morgan fingerprint density at radius 1 is 0.346 bits per heavy atom. The van der Waals surface area contributed by atoms with Gasteiger partial charge < -0.3 is 33.8 Å². The van der Waals surface area contributed by atoms with Crippen molar-refractivity contribution >= 4 is 39.5 Å². The molecule has 0 fully saturated rings. The van der Waals surface area contributed by atoms with Gasteiger partial charge in [-0.2, -0.15) is 0 Å². The molecule has 0 amide bonds. The van der Waals surface area contributed by atoms with E-state index in [-0.39, 0.29) is 25.7 Å². The van der Waals surface area contributed by atoms with Crippen LogP contribution in [-0.4, -0.2) is 96.7 Å². The molecule has 0 saturated carbocycles. The summed E-state index contributed by atoms with van der Waals surface area (Å²) in [7, 11) is -9.87. The highest BCUT2D eigenvalue weighted by Crippen LogP contribution is 2.45. The highest BCUT2D eigenvalue weighted by Gasteiger charge is 2.30. The van der Waals surface area contributed by atoms with Crippen LogP contribution in [0.4, 0.5) is 0 Å². The topological polar surface area (TPSA) is 237 Å². The Bertz CT molecular complexity index is 1550. The van der Waals surface area contributed by atoms with E-state index in [2.05, 4.69) is 41.5 Å². The number of hydrogen-bond donors (Lipinski definition) is 3. The fourth-order valence-electron chi connectivity index (χ4n) is 8.65. The van der Waals surface area contributed by atoms with Crippen molar-refractivity contribution in [2.75, 3.05) is 39.6 Å². The highest BCUT2D eigenvalue weighted by molar-refractivity contribution is 7.47. The van der Waals surface area contributed by atoms with Crippen molar-refractivity contribution in [3.05, 3.63) is 0 Å². The van der Waals surface area contributed by atoms with Crippen LogP contribution in [0.1, 0.15) is 286 Å². The molecule has 5 atom stereocenters. The minimum Gasteiger partial charge on any atom is -0.462 e. The molecule has 462 valence electrons. The number of unbranched alkanes of at least 4 members (excludes halogenated alkanes) is 28. The van der Waals surface area contributed by atoms with Gasteiger partial charge in [-0.1, -0.05) is 234 Å². The lowest BCUT2D eigenvalue weighted by molar-refractivity contribution is -0.161. The van der Waals surface area contributed by atoms with Gasteiger partial charge in [0.15, 0.2) is 12.2 Å². The molecule has 0 radical (unpaired) electrons. The Kier molecular flexibility index (Phi) is 50.6. The first-order chi connectivity index (χ1) is 37.4. The zero-order valence-corrected chi connectivity index (χ0v) is 51.7. The zero-order chi connectivity index (χ0) is 58.0. The van der Waals surface area contributed by atoms with E-state index in [9.17, 15) is 43.2 Å². The molecule has 78 heavy (non-hydrogen) atoms. The number of rotatable bonds is 58. The summed E-state index contributed by atoms with van der Waals surface area (Å²) < 4.78 is 67.7. The molecular weight excluding hydrogens is 1040 g/mol. The third-order valence-corrected chi connectivity index (χ3v) is 15.4. The lowest BCUT2D eigenvalue weighted by Crippen LogP contribution is -2.30. The maximum atomic E-state index is 12.9. The molecule has 0 aromatic heterocycles. The van der Waals surface area contributed by atoms with E-state index in [1.54, 1.807) is 0 Å². The predicted molar refractivity (Wildman–Crippen MR) is 308 cm³/mol. The number of esters is 4. The van der Waals surface area contributed by atoms with Gasteiger partial charge in [0.2, 0.25) is 0 Å². The Morgan fingerprint density at radius 3 is 0.872 bits per heavy atom. The third kappa shape index (κ3) is 53.4. The van der Waals surface area contributed by atoms with Crippen LogP contribution >= 0.6 is 15.6 Å². The van der Waals surface area contributed by atoms with E-state index in [1.165, 1.54) is 89.9 Å². The fourth-order valence-corrected chi connectivity index (χ4v) is 10.2. The number of phosphoric ester groups is 2. The second kappa shape index (κ2) is 51.9. The number of phosphoric acid groups is 2. The first kappa shape index (κ1) is 76.1. The molecule has 0 aliphatic carbocycles. The van der Waals surface area contributed by atoms with Gasteiger partial charge in [-0.05, 0) is 37.5 Å². The zero-order valence-electron chi connectivity index (χ0n) is 50.0. The molecule has 19 heteroatoms. The Labute approximate surface area is 473 Å². The quantitative estimate of drug-likeness (QED) is 0.0222. The van der Waals surface area contributed by atoms with Gasteiger partial charge in [-0.3, -0.25) is 37.3 Å². The van der Waals surface area contributed by atoms with Crippen molar-refractivity contribution in [1.29, 1.82) is 0 Å². The van der Waals surface area contributed by atoms with Crippen molar-refractivity contribution in [1.82, 2.24) is 0 Å². The molecule has 0 bridgehead atoms. The summed E-state index contributed by atoms with van der Waals surface area (Å²) in [6.07, 6.45) is 32.4. The molecule has 0 spiro atoms. The molecule has 0 aromatic carbocycles. The Balaban J connectivity index is 5.22. The smallest absolute Gasteiger partial charge is 0.462 e. The SMILES string of the molecule is CCCCCCCCCCCCCCC(=O)O[C@H](COC(=O)CCCCCCCCC(C)C)COP(=O)(O)OC[C@@H](O)COP(=O)(O)OC[C@@H](COC(=O)CCCCCCCCCC)OC(=O)CCCCCCCCC(C)C. The molecule has 0 aromatic rings. The summed E-state index contributed by atoms with van der Waals surface area (Å²) in [6.45, 7) is 9.25. The average molecular weight is 1160 g/mol. The normalized spacial score (nSPS) is 14.4. The van der Waals surface area contributed by atoms with Crippen molar-refractivity contribution in [2.45, 2.75) is 304 Å². The maximum Gasteiger partial charge on any atom is 0.472 e. The van der Waals surface area contributed by atoms with Crippen LogP contribution in [-0.2, 0) is 65.4 Å². The van der Waals surface area contributed by atoms with Crippen molar-refractivity contribution in [3.63, 3.8) is 0 Å². The summed E-state index contributed by atoms with van der Waals surface area (Å²) in [4.78, 5) is 71.8. The number of carbonyl (C=O) groups excluding carboxylic acids is 4. The number of carbonyl (C=O) groups is 4. The van der Waals surface area contributed by atoms with Gasteiger partial charge in [-0.15, -0.1) is 0 Å². The number of aliphatic hydroxyl groups is 1. The molecule has 0 aliphatic heterocycles. The van der Waals surface area contributed by atoms with Crippen LogP contribution < -0.4 is 0 Å².